The summed E-state index contributed by atoms with van der Waals surface area (Å²) in [5.74, 6) is 2.53. The average molecular weight is 358 g/mol. The maximum atomic E-state index is 5.45. The number of hydrogen-bond donors (Lipinski definition) is 0. The normalized spacial score (nSPS) is 14.8. The smallest absolute Gasteiger partial charge is 0.232 e. The van der Waals surface area contributed by atoms with E-state index in [2.05, 4.69) is 29.9 Å². The molecule has 0 unspecified atom stereocenters. The van der Waals surface area contributed by atoms with Crippen LogP contribution in [0.2, 0.25) is 0 Å². The number of nitrogens with zero attached hydrogens (tertiary/aromatic N) is 6. The van der Waals surface area contributed by atoms with Gasteiger partial charge < -0.3 is 14.1 Å². The van der Waals surface area contributed by atoms with Gasteiger partial charge in [-0.2, -0.15) is 0 Å². The lowest BCUT2D eigenvalue weighted by Crippen LogP contribution is -2.37. The first-order valence-electron chi connectivity index (χ1n) is 8.06. The van der Waals surface area contributed by atoms with Crippen molar-refractivity contribution in [3.63, 3.8) is 0 Å². The summed E-state index contributed by atoms with van der Waals surface area (Å²) in [6.45, 7) is 4.79. The number of benzene rings is 1. The van der Waals surface area contributed by atoms with Crippen LogP contribution in [0.15, 0.2) is 39.9 Å². The van der Waals surface area contributed by atoms with E-state index < -0.39 is 0 Å². The Morgan fingerprint density at radius 1 is 1.04 bits per heavy atom. The lowest BCUT2D eigenvalue weighted by Gasteiger charge is -2.27. The highest BCUT2D eigenvalue weighted by Gasteiger charge is 2.22. The Balaban J connectivity index is 1.64. The van der Waals surface area contributed by atoms with E-state index in [1.165, 1.54) is 11.8 Å². The second-order valence-electron chi connectivity index (χ2n) is 5.56. The number of hydrogen-bond acceptors (Lipinski definition) is 8. The van der Waals surface area contributed by atoms with Gasteiger partial charge in [0.1, 0.15) is 0 Å². The summed E-state index contributed by atoms with van der Waals surface area (Å²) in [6, 6.07) is 10.1. The van der Waals surface area contributed by atoms with Crippen LogP contribution in [0.25, 0.3) is 5.69 Å². The molecule has 0 atom stereocenters. The van der Waals surface area contributed by atoms with Crippen molar-refractivity contribution in [2.75, 3.05) is 31.2 Å². The maximum absolute atomic E-state index is 5.45. The number of anilines is 1. The van der Waals surface area contributed by atoms with E-state index in [1.807, 2.05) is 30.3 Å². The standard InChI is InChI=1S/C16H18N6O2S/c1-12-17-18-14(24-12)11-25-16-20-19-15(21-7-9-23-10-8-21)22(16)13-5-3-2-4-6-13/h2-6H,7-11H2,1H3. The first-order valence-corrected chi connectivity index (χ1v) is 9.05. The number of rotatable bonds is 5. The fourth-order valence-electron chi connectivity index (χ4n) is 2.65. The minimum absolute atomic E-state index is 0.551. The molecule has 0 bridgehead atoms. The monoisotopic (exact) mass is 358 g/mol. The molecule has 0 spiro atoms. The number of aryl methyl sites for hydroxylation is 1. The van der Waals surface area contributed by atoms with E-state index in [0.717, 1.165) is 29.9 Å². The van der Waals surface area contributed by atoms with E-state index in [1.54, 1.807) is 6.92 Å². The third kappa shape index (κ3) is 3.52. The molecule has 0 saturated carbocycles. The van der Waals surface area contributed by atoms with E-state index in [-0.39, 0.29) is 0 Å². The SMILES string of the molecule is Cc1nnc(CSc2nnc(N3CCOCC3)n2-c2ccccc2)o1. The van der Waals surface area contributed by atoms with Gasteiger partial charge in [-0.1, -0.05) is 30.0 Å². The molecule has 1 aromatic carbocycles. The molecule has 1 saturated heterocycles. The van der Waals surface area contributed by atoms with Crippen molar-refractivity contribution in [1.29, 1.82) is 0 Å². The van der Waals surface area contributed by atoms with Crippen molar-refractivity contribution in [3.05, 3.63) is 42.1 Å². The Hall–Kier alpha value is -2.39. The van der Waals surface area contributed by atoms with Crippen molar-refractivity contribution in [2.24, 2.45) is 0 Å². The lowest BCUT2D eigenvalue weighted by atomic mass is 10.3. The predicted octanol–water partition coefficient (Wildman–Crippen LogP) is 2.09. The van der Waals surface area contributed by atoms with E-state index >= 15 is 0 Å². The minimum atomic E-state index is 0.551. The number of aromatic nitrogens is 5. The molecular formula is C16H18N6O2S. The molecule has 9 heteroatoms. The molecule has 25 heavy (non-hydrogen) atoms. The van der Waals surface area contributed by atoms with Crippen LogP contribution in [-0.4, -0.2) is 51.3 Å². The molecule has 2 aromatic heterocycles. The van der Waals surface area contributed by atoms with Gasteiger partial charge in [-0.05, 0) is 12.1 Å². The molecular weight excluding hydrogens is 340 g/mol. The molecule has 0 aliphatic carbocycles. The van der Waals surface area contributed by atoms with Crippen molar-refractivity contribution in [2.45, 2.75) is 17.8 Å². The van der Waals surface area contributed by atoms with Crippen LogP contribution in [0.3, 0.4) is 0 Å². The Bertz CT molecular complexity index is 828. The second-order valence-corrected chi connectivity index (χ2v) is 6.50. The first kappa shape index (κ1) is 16.1. The zero-order valence-corrected chi connectivity index (χ0v) is 14.6. The summed E-state index contributed by atoms with van der Waals surface area (Å²) in [5, 5.41) is 17.5. The van der Waals surface area contributed by atoms with Crippen LogP contribution >= 0.6 is 11.8 Å². The summed E-state index contributed by atoms with van der Waals surface area (Å²) in [4.78, 5) is 2.20. The van der Waals surface area contributed by atoms with Gasteiger partial charge in [-0.3, -0.25) is 4.57 Å². The van der Waals surface area contributed by atoms with Gasteiger partial charge in [0.05, 0.1) is 24.7 Å². The van der Waals surface area contributed by atoms with Gasteiger partial charge in [-0.25, -0.2) is 0 Å². The molecule has 0 amide bonds. The van der Waals surface area contributed by atoms with Gasteiger partial charge in [0.25, 0.3) is 0 Å². The summed E-state index contributed by atoms with van der Waals surface area (Å²) in [7, 11) is 0. The molecule has 1 fully saturated rings. The van der Waals surface area contributed by atoms with E-state index in [4.69, 9.17) is 9.15 Å². The third-order valence-electron chi connectivity index (χ3n) is 3.82. The van der Waals surface area contributed by atoms with Crippen molar-refractivity contribution >= 4 is 17.7 Å². The summed E-state index contributed by atoms with van der Waals surface area (Å²) in [5.41, 5.74) is 1.03. The van der Waals surface area contributed by atoms with Gasteiger partial charge in [0.15, 0.2) is 5.16 Å². The largest absolute Gasteiger partial charge is 0.425 e. The van der Waals surface area contributed by atoms with Crippen LogP contribution < -0.4 is 4.90 Å². The van der Waals surface area contributed by atoms with Crippen LogP contribution in [0.1, 0.15) is 11.8 Å². The highest BCUT2D eigenvalue weighted by Crippen LogP contribution is 2.28. The first-order chi connectivity index (χ1) is 12.3. The number of ether oxygens (including phenoxy) is 1. The van der Waals surface area contributed by atoms with Crippen LogP contribution in [0, 0.1) is 6.92 Å². The summed E-state index contributed by atoms with van der Waals surface area (Å²) < 4.78 is 13.0. The summed E-state index contributed by atoms with van der Waals surface area (Å²) >= 11 is 1.53. The van der Waals surface area contributed by atoms with Crippen LogP contribution in [0.5, 0.6) is 0 Å². The molecule has 0 radical (unpaired) electrons. The highest BCUT2D eigenvalue weighted by molar-refractivity contribution is 7.98. The number of thioether (sulfide) groups is 1. The van der Waals surface area contributed by atoms with Gasteiger partial charge in [-0.15, -0.1) is 20.4 Å². The topological polar surface area (TPSA) is 82.1 Å². The zero-order chi connectivity index (χ0) is 17.1. The molecule has 3 heterocycles. The molecule has 4 rings (SSSR count). The quantitative estimate of drug-likeness (QED) is 0.641. The number of morpholine rings is 1. The molecule has 3 aromatic rings. The van der Waals surface area contributed by atoms with Crippen molar-refractivity contribution in [3.8, 4) is 5.69 Å². The Morgan fingerprint density at radius 2 is 1.84 bits per heavy atom. The lowest BCUT2D eigenvalue weighted by molar-refractivity contribution is 0.122. The van der Waals surface area contributed by atoms with Crippen molar-refractivity contribution in [1.82, 2.24) is 25.0 Å². The average Bonchev–Trinajstić information content (AvgIpc) is 3.27. The molecule has 1 aliphatic heterocycles. The zero-order valence-electron chi connectivity index (χ0n) is 13.8. The number of para-hydroxylation sites is 1. The Kier molecular flexibility index (Phi) is 4.66. The molecule has 8 nitrogen and oxygen atoms in total. The van der Waals surface area contributed by atoms with Gasteiger partial charge in [0, 0.05) is 20.0 Å². The fraction of sp³-hybridized carbons (Fsp3) is 0.375. The van der Waals surface area contributed by atoms with E-state index in [0.29, 0.717) is 30.7 Å². The molecule has 130 valence electrons. The Morgan fingerprint density at radius 3 is 2.56 bits per heavy atom. The molecule has 0 N–H and O–H groups in total. The van der Waals surface area contributed by atoms with Crippen LogP contribution in [0.4, 0.5) is 5.95 Å². The van der Waals surface area contributed by atoms with E-state index in [9.17, 15) is 0 Å². The third-order valence-corrected chi connectivity index (χ3v) is 4.73. The maximum Gasteiger partial charge on any atom is 0.232 e. The van der Waals surface area contributed by atoms with Crippen molar-refractivity contribution < 1.29 is 9.15 Å². The highest BCUT2D eigenvalue weighted by atomic mass is 32.2. The van der Waals surface area contributed by atoms with Gasteiger partial charge >= 0.3 is 0 Å². The van der Waals surface area contributed by atoms with Crippen LogP contribution in [-0.2, 0) is 10.5 Å². The predicted molar refractivity (Wildman–Crippen MR) is 93.0 cm³/mol. The second kappa shape index (κ2) is 7.24. The van der Waals surface area contributed by atoms with Gasteiger partial charge in [0.2, 0.25) is 17.7 Å². The molecule has 1 aliphatic rings. The Labute approximate surface area is 149 Å². The minimum Gasteiger partial charge on any atom is -0.425 e. The fourth-order valence-corrected chi connectivity index (χ4v) is 3.43. The summed E-state index contributed by atoms with van der Waals surface area (Å²) in [6.07, 6.45) is 0.